The number of ether oxygens (including phenoxy) is 2. The standard InChI is InChI=1S/C33H41NO5S/c1-6-38-21-31(26-12-9-11-25(19-26)22(2)3)39-20-24-14-15-28(29(18-24)27-13-8-7-10-23(27)4)32(35)34-30(33(36)37)16-17-40-5/h7-15,18-19,22,30-31H,6,16-17,20-21H2,1-5H3,(H,34,35)(H,36,37)/t30-,31-/m0/s1. The van der Waals surface area contributed by atoms with Crippen LogP contribution in [0.2, 0.25) is 0 Å². The number of rotatable bonds is 15. The van der Waals surface area contributed by atoms with Crippen molar-refractivity contribution < 1.29 is 24.2 Å². The maximum absolute atomic E-state index is 13.4. The minimum atomic E-state index is -1.04. The number of carbonyl (C=O) groups excluding carboxylic acids is 1. The van der Waals surface area contributed by atoms with Crippen molar-refractivity contribution in [2.24, 2.45) is 0 Å². The molecule has 0 heterocycles. The van der Waals surface area contributed by atoms with Crippen LogP contribution in [0.25, 0.3) is 11.1 Å². The van der Waals surface area contributed by atoms with Gasteiger partial charge in [-0.1, -0.05) is 68.4 Å². The number of amides is 1. The summed E-state index contributed by atoms with van der Waals surface area (Å²) in [5.41, 5.74) is 6.34. The molecule has 7 heteroatoms. The summed E-state index contributed by atoms with van der Waals surface area (Å²) < 4.78 is 12.2. The molecule has 3 rings (SSSR count). The van der Waals surface area contributed by atoms with Gasteiger partial charge in [0.2, 0.25) is 0 Å². The molecule has 3 aromatic carbocycles. The van der Waals surface area contributed by atoms with Gasteiger partial charge < -0.3 is 19.9 Å². The van der Waals surface area contributed by atoms with Gasteiger partial charge in [0.05, 0.1) is 13.2 Å². The Morgan fingerprint density at radius 2 is 1.73 bits per heavy atom. The van der Waals surface area contributed by atoms with Gasteiger partial charge in [0.15, 0.2) is 0 Å². The van der Waals surface area contributed by atoms with E-state index < -0.39 is 17.9 Å². The van der Waals surface area contributed by atoms with Crippen LogP contribution in [0.15, 0.2) is 66.7 Å². The van der Waals surface area contributed by atoms with Crippen molar-refractivity contribution in [1.29, 1.82) is 0 Å². The molecule has 3 aromatic rings. The molecule has 214 valence electrons. The molecule has 0 aliphatic carbocycles. The van der Waals surface area contributed by atoms with Gasteiger partial charge in [-0.05, 0) is 83.7 Å². The summed E-state index contributed by atoms with van der Waals surface area (Å²) in [6.07, 6.45) is 2.03. The van der Waals surface area contributed by atoms with Crippen molar-refractivity contribution in [3.8, 4) is 11.1 Å². The molecule has 0 fully saturated rings. The smallest absolute Gasteiger partial charge is 0.326 e. The number of aryl methyl sites for hydroxylation is 1. The molecule has 0 spiro atoms. The number of thioether (sulfide) groups is 1. The van der Waals surface area contributed by atoms with Gasteiger partial charge in [0.1, 0.15) is 12.1 Å². The van der Waals surface area contributed by atoms with Crippen LogP contribution in [0.3, 0.4) is 0 Å². The van der Waals surface area contributed by atoms with Crippen LogP contribution in [0, 0.1) is 6.92 Å². The predicted molar refractivity (Wildman–Crippen MR) is 163 cm³/mol. The Hall–Kier alpha value is -3.13. The lowest BCUT2D eigenvalue weighted by Gasteiger charge is -2.21. The van der Waals surface area contributed by atoms with Crippen LogP contribution in [0.4, 0.5) is 0 Å². The van der Waals surface area contributed by atoms with E-state index in [-0.39, 0.29) is 6.10 Å². The van der Waals surface area contributed by atoms with E-state index in [2.05, 4.69) is 43.4 Å². The summed E-state index contributed by atoms with van der Waals surface area (Å²) in [4.78, 5) is 25.2. The lowest BCUT2D eigenvalue weighted by molar-refractivity contribution is -0.139. The third-order valence-electron chi connectivity index (χ3n) is 6.85. The Kier molecular flexibility index (Phi) is 12.2. The zero-order valence-corrected chi connectivity index (χ0v) is 24.9. The Morgan fingerprint density at radius 1 is 0.975 bits per heavy atom. The second-order valence-corrected chi connectivity index (χ2v) is 11.1. The van der Waals surface area contributed by atoms with Crippen LogP contribution in [-0.2, 0) is 20.9 Å². The molecule has 40 heavy (non-hydrogen) atoms. The number of carboxylic acids is 1. The Labute approximate surface area is 242 Å². The number of hydrogen-bond acceptors (Lipinski definition) is 5. The Bertz CT molecular complexity index is 1280. The largest absolute Gasteiger partial charge is 0.480 e. The Morgan fingerprint density at radius 3 is 2.40 bits per heavy atom. The van der Waals surface area contributed by atoms with Crippen LogP contribution in [-0.4, -0.2) is 48.2 Å². The van der Waals surface area contributed by atoms with E-state index in [4.69, 9.17) is 9.47 Å². The molecule has 2 atom stereocenters. The number of carbonyl (C=O) groups is 2. The molecule has 0 bridgehead atoms. The second-order valence-electron chi connectivity index (χ2n) is 10.1. The molecular formula is C33H41NO5S. The quantitative estimate of drug-likeness (QED) is 0.207. The SMILES string of the molecule is CCOC[C@H](OCc1ccc(C(=O)N[C@@H](CCSC)C(=O)O)c(-c2ccccc2C)c1)c1cccc(C(C)C)c1. The highest BCUT2D eigenvalue weighted by atomic mass is 32.2. The first kappa shape index (κ1) is 31.4. The average Bonchev–Trinajstić information content (AvgIpc) is 2.95. The first-order chi connectivity index (χ1) is 19.2. The molecule has 2 N–H and O–H groups in total. The van der Waals surface area contributed by atoms with Crippen molar-refractivity contribution in [3.63, 3.8) is 0 Å². The van der Waals surface area contributed by atoms with Crippen molar-refractivity contribution in [3.05, 3.63) is 94.5 Å². The summed E-state index contributed by atoms with van der Waals surface area (Å²) >= 11 is 1.55. The zero-order valence-electron chi connectivity index (χ0n) is 24.1. The van der Waals surface area contributed by atoms with Gasteiger partial charge in [-0.25, -0.2) is 4.79 Å². The van der Waals surface area contributed by atoms with Crippen LogP contribution < -0.4 is 5.32 Å². The molecule has 0 radical (unpaired) electrons. The molecule has 0 aliphatic heterocycles. The minimum absolute atomic E-state index is 0.240. The van der Waals surface area contributed by atoms with Crippen LogP contribution in [0.5, 0.6) is 0 Å². The lowest BCUT2D eigenvalue weighted by atomic mass is 9.93. The van der Waals surface area contributed by atoms with Crippen molar-refractivity contribution in [2.75, 3.05) is 25.2 Å². The molecule has 0 aromatic heterocycles. The van der Waals surface area contributed by atoms with Gasteiger partial charge in [-0.15, -0.1) is 0 Å². The highest BCUT2D eigenvalue weighted by Gasteiger charge is 2.23. The maximum atomic E-state index is 13.4. The molecule has 1 amide bonds. The number of carboxylic acid groups (broad SMARTS) is 1. The first-order valence-electron chi connectivity index (χ1n) is 13.8. The minimum Gasteiger partial charge on any atom is -0.480 e. The highest BCUT2D eigenvalue weighted by molar-refractivity contribution is 7.98. The number of nitrogens with one attached hydrogen (secondary N) is 1. The van der Waals surface area contributed by atoms with Gasteiger partial charge in [0.25, 0.3) is 5.91 Å². The monoisotopic (exact) mass is 563 g/mol. The highest BCUT2D eigenvalue weighted by Crippen LogP contribution is 2.30. The van der Waals surface area contributed by atoms with Crippen LogP contribution >= 0.6 is 11.8 Å². The summed E-state index contributed by atoms with van der Waals surface area (Å²) in [6.45, 7) is 9.67. The molecule has 0 unspecified atom stereocenters. The third kappa shape index (κ3) is 8.68. The number of hydrogen-bond donors (Lipinski definition) is 2. The van der Waals surface area contributed by atoms with Crippen molar-refractivity contribution in [2.45, 2.75) is 58.8 Å². The average molecular weight is 564 g/mol. The van der Waals surface area contributed by atoms with Gasteiger partial charge in [-0.2, -0.15) is 11.8 Å². The van der Waals surface area contributed by atoms with E-state index in [1.165, 1.54) is 5.56 Å². The van der Waals surface area contributed by atoms with E-state index in [1.54, 1.807) is 17.8 Å². The zero-order chi connectivity index (χ0) is 29.1. The molecule has 0 saturated heterocycles. The summed E-state index contributed by atoms with van der Waals surface area (Å²) in [5.74, 6) is -0.392. The maximum Gasteiger partial charge on any atom is 0.326 e. The summed E-state index contributed by atoms with van der Waals surface area (Å²) in [5, 5.41) is 12.4. The van der Waals surface area contributed by atoms with Crippen molar-refractivity contribution >= 4 is 23.6 Å². The number of aliphatic carboxylic acids is 1. The molecule has 0 saturated carbocycles. The van der Waals surface area contributed by atoms with E-state index >= 15 is 0 Å². The van der Waals surface area contributed by atoms with Crippen molar-refractivity contribution in [1.82, 2.24) is 5.32 Å². The van der Waals surface area contributed by atoms with Gasteiger partial charge in [-0.3, -0.25) is 4.79 Å². The van der Waals surface area contributed by atoms with E-state index in [1.807, 2.05) is 56.5 Å². The molecule has 6 nitrogen and oxygen atoms in total. The summed E-state index contributed by atoms with van der Waals surface area (Å²) in [7, 11) is 0. The lowest BCUT2D eigenvalue weighted by Crippen LogP contribution is -2.41. The fourth-order valence-electron chi connectivity index (χ4n) is 4.49. The van der Waals surface area contributed by atoms with Gasteiger partial charge in [0, 0.05) is 12.2 Å². The first-order valence-corrected chi connectivity index (χ1v) is 15.1. The molecule has 0 aliphatic rings. The van der Waals surface area contributed by atoms with E-state index in [9.17, 15) is 14.7 Å². The fraction of sp³-hybridized carbons (Fsp3) is 0.394. The number of benzene rings is 3. The summed E-state index contributed by atoms with van der Waals surface area (Å²) in [6, 6.07) is 20.9. The fourth-order valence-corrected chi connectivity index (χ4v) is 4.96. The second kappa shape index (κ2) is 15.6. The van der Waals surface area contributed by atoms with Crippen LogP contribution in [0.1, 0.15) is 71.8 Å². The van der Waals surface area contributed by atoms with E-state index in [0.29, 0.717) is 43.5 Å². The Balaban J connectivity index is 1.91. The third-order valence-corrected chi connectivity index (χ3v) is 7.50. The van der Waals surface area contributed by atoms with Gasteiger partial charge >= 0.3 is 5.97 Å². The molecular weight excluding hydrogens is 522 g/mol. The predicted octanol–water partition coefficient (Wildman–Crippen LogP) is 7.02. The van der Waals surface area contributed by atoms with E-state index in [0.717, 1.165) is 27.8 Å². The normalized spacial score (nSPS) is 12.8. The topological polar surface area (TPSA) is 84.9 Å².